The normalized spacial score (nSPS) is 11.4. The van der Waals surface area contributed by atoms with Gasteiger partial charge >= 0.3 is 0 Å². The van der Waals surface area contributed by atoms with E-state index in [1.54, 1.807) is 18.2 Å². The summed E-state index contributed by atoms with van der Waals surface area (Å²) >= 11 is 6.24. The number of anilines is 4. The number of sulfonamides is 1. The van der Waals surface area contributed by atoms with E-state index in [9.17, 15) is 12.8 Å². The third kappa shape index (κ3) is 5.84. The first kappa shape index (κ1) is 23.7. The Labute approximate surface area is 191 Å². The summed E-state index contributed by atoms with van der Waals surface area (Å²) in [4.78, 5) is 8.46. The average Bonchev–Trinajstić information content (AvgIpc) is 2.75. The van der Waals surface area contributed by atoms with Gasteiger partial charge in [0.25, 0.3) is 0 Å². The second kappa shape index (κ2) is 10.1. The summed E-state index contributed by atoms with van der Waals surface area (Å²) < 4.78 is 47.0. The van der Waals surface area contributed by atoms with Gasteiger partial charge in [-0.25, -0.2) is 22.5 Å². The molecule has 11 heteroatoms. The van der Waals surface area contributed by atoms with Crippen molar-refractivity contribution in [1.82, 2.24) is 14.7 Å². The molecule has 1 heterocycles. The molecule has 0 spiro atoms. The molecule has 0 atom stereocenters. The first-order valence-corrected chi connectivity index (χ1v) is 11.5. The lowest BCUT2D eigenvalue weighted by molar-refractivity contribution is 0.415. The highest BCUT2D eigenvalue weighted by Gasteiger charge is 2.19. The molecule has 0 bridgehead atoms. The largest absolute Gasteiger partial charge is 0.495 e. The molecule has 0 saturated carbocycles. The Bertz CT molecular complexity index is 1210. The van der Waals surface area contributed by atoms with Crippen LogP contribution in [0.2, 0.25) is 5.02 Å². The molecule has 32 heavy (non-hydrogen) atoms. The molecule has 8 nitrogen and oxygen atoms in total. The quantitative estimate of drug-likeness (QED) is 0.408. The molecular formula is C21H23ClFN5O3S. The molecule has 3 rings (SSSR count). The number of hydrogen-bond acceptors (Lipinski definition) is 7. The number of ether oxygens (including phenoxy) is 1. The minimum Gasteiger partial charge on any atom is -0.495 e. The molecule has 1 aromatic heterocycles. The van der Waals surface area contributed by atoms with E-state index in [0.717, 1.165) is 0 Å². The van der Waals surface area contributed by atoms with Gasteiger partial charge in [-0.15, -0.1) is 0 Å². The van der Waals surface area contributed by atoms with Gasteiger partial charge in [-0.3, -0.25) is 0 Å². The fourth-order valence-corrected chi connectivity index (χ4v) is 4.21. The molecule has 0 amide bonds. The molecule has 3 N–H and O–H groups in total. The van der Waals surface area contributed by atoms with E-state index in [4.69, 9.17) is 16.3 Å². The Morgan fingerprint density at radius 1 is 1.12 bits per heavy atom. The summed E-state index contributed by atoms with van der Waals surface area (Å²) in [5.41, 5.74) is 0.611. The van der Waals surface area contributed by atoms with Crippen LogP contribution in [0.5, 0.6) is 5.75 Å². The SMILES string of the molecule is COc1ccc(F)cc1Nc1ncc(Cl)c(Nc2ccccc2S(=O)(=O)NCC(C)C)n1. The van der Waals surface area contributed by atoms with E-state index in [-0.39, 0.29) is 27.6 Å². The minimum atomic E-state index is -3.76. The molecule has 3 aromatic rings. The number of benzene rings is 2. The van der Waals surface area contributed by atoms with Crippen LogP contribution in [0.4, 0.5) is 27.5 Å². The van der Waals surface area contributed by atoms with Gasteiger partial charge in [0.1, 0.15) is 21.5 Å². The van der Waals surface area contributed by atoms with Gasteiger partial charge in [0.15, 0.2) is 5.82 Å². The zero-order valence-corrected chi connectivity index (χ0v) is 19.3. The molecule has 0 saturated heterocycles. The van der Waals surface area contributed by atoms with Crippen LogP contribution in [0.15, 0.2) is 53.6 Å². The van der Waals surface area contributed by atoms with Crippen LogP contribution in [0.1, 0.15) is 13.8 Å². The van der Waals surface area contributed by atoms with Crippen LogP contribution in [-0.4, -0.2) is 32.0 Å². The number of halogens is 2. The van der Waals surface area contributed by atoms with Crippen LogP contribution < -0.4 is 20.1 Å². The van der Waals surface area contributed by atoms with Crippen molar-refractivity contribution < 1.29 is 17.5 Å². The van der Waals surface area contributed by atoms with Crippen molar-refractivity contribution in [3.05, 3.63) is 59.5 Å². The van der Waals surface area contributed by atoms with E-state index in [2.05, 4.69) is 25.3 Å². The molecule has 2 aromatic carbocycles. The maximum atomic E-state index is 13.7. The predicted octanol–water partition coefficient (Wildman–Crippen LogP) is 4.70. The number of hydrogen-bond donors (Lipinski definition) is 3. The first-order valence-electron chi connectivity index (χ1n) is 9.68. The van der Waals surface area contributed by atoms with Crippen molar-refractivity contribution in [1.29, 1.82) is 0 Å². The second-order valence-electron chi connectivity index (χ2n) is 7.23. The lowest BCUT2D eigenvalue weighted by Crippen LogP contribution is -2.28. The number of nitrogens with one attached hydrogen (secondary N) is 3. The highest BCUT2D eigenvalue weighted by Crippen LogP contribution is 2.31. The summed E-state index contributed by atoms with van der Waals surface area (Å²) in [5.74, 6) is 0.362. The third-order valence-electron chi connectivity index (χ3n) is 4.26. The van der Waals surface area contributed by atoms with Gasteiger partial charge < -0.3 is 15.4 Å². The maximum Gasteiger partial charge on any atom is 0.242 e. The Morgan fingerprint density at radius 2 is 1.88 bits per heavy atom. The lowest BCUT2D eigenvalue weighted by Gasteiger charge is -2.15. The molecule has 0 aliphatic rings. The molecule has 0 aliphatic heterocycles. The molecule has 170 valence electrons. The average molecular weight is 480 g/mol. The van der Waals surface area contributed by atoms with Gasteiger partial charge in [0.2, 0.25) is 16.0 Å². The standard InChI is InChI=1S/C21H23ClFN5O3S/c1-13(2)11-25-32(29,30)19-7-5-4-6-16(19)26-20-15(22)12-24-21(28-20)27-17-10-14(23)8-9-18(17)31-3/h4-10,12-13,25H,11H2,1-3H3,(H2,24,26,27,28). The van der Waals surface area contributed by atoms with Crippen LogP contribution in [0, 0.1) is 11.7 Å². The van der Waals surface area contributed by atoms with Gasteiger partial charge in [-0.05, 0) is 30.2 Å². The second-order valence-corrected chi connectivity index (χ2v) is 9.37. The molecule has 0 aliphatic carbocycles. The van der Waals surface area contributed by atoms with Gasteiger partial charge in [0.05, 0.1) is 24.7 Å². The number of rotatable bonds is 9. The van der Waals surface area contributed by atoms with Crippen LogP contribution in [0.25, 0.3) is 0 Å². The van der Waals surface area contributed by atoms with E-state index in [1.165, 1.54) is 37.6 Å². The van der Waals surface area contributed by atoms with Crippen molar-refractivity contribution in [2.45, 2.75) is 18.7 Å². The highest BCUT2D eigenvalue weighted by molar-refractivity contribution is 7.89. The van der Waals surface area contributed by atoms with Crippen molar-refractivity contribution >= 4 is 44.8 Å². The summed E-state index contributed by atoms with van der Waals surface area (Å²) in [6.45, 7) is 4.12. The maximum absolute atomic E-state index is 13.7. The molecular weight excluding hydrogens is 457 g/mol. The molecule has 0 unspecified atom stereocenters. The summed E-state index contributed by atoms with van der Waals surface area (Å²) in [6, 6.07) is 10.4. The van der Waals surface area contributed by atoms with Gasteiger partial charge in [-0.2, -0.15) is 4.98 Å². The Hall–Kier alpha value is -2.95. The monoisotopic (exact) mass is 479 g/mol. The lowest BCUT2D eigenvalue weighted by atomic mass is 10.2. The highest BCUT2D eigenvalue weighted by atomic mass is 35.5. The van der Waals surface area contributed by atoms with Gasteiger partial charge in [-0.1, -0.05) is 37.6 Å². The number of para-hydroxylation sites is 1. The van der Waals surface area contributed by atoms with Crippen molar-refractivity contribution in [3.8, 4) is 5.75 Å². The van der Waals surface area contributed by atoms with E-state index < -0.39 is 15.8 Å². The molecule has 0 fully saturated rings. The van der Waals surface area contributed by atoms with Crippen LogP contribution in [0.3, 0.4) is 0 Å². The Balaban J connectivity index is 1.91. The first-order chi connectivity index (χ1) is 15.2. The van der Waals surface area contributed by atoms with Crippen LogP contribution >= 0.6 is 11.6 Å². The summed E-state index contributed by atoms with van der Waals surface area (Å²) in [6.07, 6.45) is 1.35. The Morgan fingerprint density at radius 3 is 2.59 bits per heavy atom. The zero-order chi connectivity index (χ0) is 23.3. The topological polar surface area (TPSA) is 105 Å². The van der Waals surface area contributed by atoms with Crippen molar-refractivity contribution in [2.24, 2.45) is 5.92 Å². The zero-order valence-electron chi connectivity index (χ0n) is 17.7. The number of methoxy groups -OCH3 is 1. The fourth-order valence-electron chi connectivity index (χ4n) is 2.70. The van der Waals surface area contributed by atoms with Crippen molar-refractivity contribution in [3.63, 3.8) is 0 Å². The summed E-state index contributed by atoms with van der Waals surface area (Å²) in [7, 11) is -2.31. The van der Waals surface area contributed by atoms with E-state index >= 15 is 0 Å². The van der Waals surface area contributed by atoms with E-state index in [0.29, 0.717) is 23.7 Å². The number of nitrogens with zero attached hydrogens (tertiary/aromatic N) is 2. The van der Waals surface area contributed by atoms with E-state index in [1.807, 2.05) is 13.8 Å². The molecule has 0 radical (unpaired) electrons. The van der Waals surface area contributed by atoms with Crippen LogP contribution in [-0.2, 0) is 10.0 Å². The Kier molecular flexibility index (Phi) is 7.49. The predicted molar refractivity (Wildman–Crippen MR) is 123 cm³/mol. The fraction of sp³-hybridized carbons (Fsp3) is 0.238. The smallest absolute Gasteiger partial charge is 0.242 e. The summed E-state index contributed by atoms with van der Waals surface area (Å²) in [5, 5.41) is 6.00. The third-order valence-corrected chi connectivity index (χ3v) is 6.02. The minimum absolute atomic E-state index is 0.0524. The van der Waals surface area contributed by atoms with Gasteiger partial charge in [0, 0.05) is 12.6 Å². The number of aromatic nitrogens is 2. The van der Waals surface area contributed by atoms with Crippen molar-refractivity contribution in [2.75, 3.05) is 24.3 Å².